The summed E-state index contributed by atoms with van der Waals surface area (Å²) in [4.78, 5) is 17.9. The van der Waals surface area contributed by atoms with Crippen LogP contribution in [0.25, 0.3) is 17.0 Å². The van der Waals surface area contributed by atoms with E-state index in [1.807, 2.05) is 35.9 Å². The number of fused-ring (bicyclic) bond motifs is 1. The van der Waals surface area contributed by atoms with Crippen molar-refractivity contribution >= 4 is 11.0 Å². The minimum atomic E-state index is -0.242. The number of aromatic nitrogens is 4. The van der Waals surface area contributed by atoms with Gasteiger partial charge in [-0.2, -0.15) is 4.68 Å². The highest BCUT2D eigenvalue weighted by atomic mass is 19.1. The summed E-state index contributed by atoms with van der Waals surface area (Å²) in [6, 6.07) is 14.3. The Morgan fingerprint density at radius 3 is 2.57 bits per heavy atom. The van der Waals surface area contributed by atoms with E-state index in [2.05, 4.69) is 10.1 Å². The quantitative estimate of drug-likeness (QED) is 0.575. The van der Waals surface area contributed by atoms with E-state index in [1.54, 1.807) is 16.8 Å². The topological polar surface area (TPSA) is 55.6 Å². The van der Waals surface area contributed by atoms with Gasteiger partial charge in [0.25, 0.3) is 5.56 Å². The number of para-hydroxylation sites is 2. The van der Waals surface area contributed by atoms with Crippen molar-refractivity contribution in [2.45, 2.75) is 31.6 Å². The van der Waals surface area contributed by atoms with Crippen molar-refractivity contribution in [1.29, 1.82) is 0 Å². The number of nitrogens with zero attached hydrogens (tertiary/aromatic N) is 3. The van der Waals surface area contributed by atoms with Crippen LogP contribution in [-0.4, -0.2) is 19.3 Å². The van der Waals surface area contributed by atoms with Gasteiger partial charge in [-0.05, 0) is 55.5 Å². The van der Waals surface area contributed by atoms with Crippen molar-refractivity contribution in [2.75, 3.05) is 0 Å². The van der Waals surface area contributed by atoms with E-state index in [4.69, 9.17) is 0 Å². The van der Waals surface area contributed by atoms with Crippen molar-refractivity contribution in [3.63, 3.8) is 0 Å². The Kier molecular flexibility index (Phi) is 3.93. The highest BCUT2D eigenvalue weighted by Crippen LogP contribution is 2.40. The third kappa shape index (κ3) is 2.85. The van der Waals surface area contributed by atoms with E-state index >= 15 is 0 Å². The third-order valence-electron chi connectivity index (χ3n) is 5.54. The first-order valence-corrected chi connectivity index (χ1v) is 9.62. The van der Waals surface area contributed by atoms with Crippen LogP contribution in [0.1, 0.15) is 35.6 Å². The molecule has 1 N–H and O–H groups in total. The average molecular weight is 376 g/mol. The molecule has 1 aliphatic rings. The van der Waals surface area contributed by atoms with E-state index < -0.39 is 0 Å². The van der Waals surface area contributed by atoms with E-state index in [9.17, 15) is 9.18 Å². The Hall–Kier alpha value is -3.15. The second-order valence-electron chi connectivity index (χ2n) is 7.50. The minimum absolute atomic E-state index is 0.0394. The zero-order valence-electron chi connectivity index (χ0n) is 15.7. The molecule has 0 atom stereocenters. The van der Waals surface area contributed by atoms with Crippen LogP contribution < -0.4 is 5.56 Å². The summed E-state index contributed by atoms with van der Waals surface area (Å²) in [5, 5.41) is 3.34. The lowest BCUT2D eigenvalue weighted by atomic mass is 10.0. The summed E-state index contributed by atoms with van der Waals surface area (Å²) >= 11 is 0. The molecule has 0 bridgehead atoms. The number of halogens is 1. The summed E-state index contributed by atoms with van der Waals surface area (Å²) < 4.78 is 16.7. The molecule has 0 radical (unpaired) electrons. The number of rotatable bonds is 5. The molecule has 6 heteroatoms. The summed E-state index contributed by atoms with van der Waals surface area (Å²) in [6.07, 6.45) is 3.54. The molecule has 0 unspecified atom stereocenters. The molecule has 1 fully saturated rings. The predicted octanol–water partition coefficient (Wildman–Crippen LogP) is 3.85. The number of hydrogen-bond acceptors (Lipinski definition) is 2. The molecule has 5 nitrogen and oxygen atoms in total. The molecule has 1 aliphatic carbocycles. The van der Waals surface area contributed by atoms with Crippen LogP contribution in [0.5, 0.6) is 0 Å². The van der Waals surface area contributed by atoms with Gasteiger partial charge in [-0.3, -0.25) is 9.89 Å². The number of aromatic amines is 1. The van der Waals surface area contributed by atoms with Crippen molar-refractivity contribution < 1.29 is 4.39 Å². The highest BCUT2D eigenvalue weighted by Gasteiger charge is 2.31. The molecule has 0 spiro atoms. The standard InChI is InChI=1S/C22H21FN4O/c1-26-19-5-3-2-4-18(19)24-22(26)27-21(28)17(20(25-27)15-9-10-15)13-8-14-6-11-16(23)12-7-14/h2-7,11-12,15,25H,8-10,13H2,1H3. The maximum atomic E-state index is 13.2. The van der Waals surface area contributed by atoms with Crippen molar-refractivity contribution in [2.24, 2.45) is 7.05 Å². The van der Waals surface area contributed by atoms with E-state index in [-0.39, 0.29) is 11.4 Å². The number of aryl methyl sites for hydroxylation is 2. The van der Waals surface area contributed by atoms with Crippen LogP contribution in [-0.2, 0) is 19.9 Å². The Morgan fingerprint density at radius 1 is 1.11 bits per heavy atom. The van der Waals surface area contributed by atoms with Gasteiger partial charge in [0.1, 0.15) is 5.82 Å². The van der Waals surface area contributed by atoms with Gasteiger partial charge in [0.15, 0.2) is 0 Å². The van der Waals surface area contributed by atoms with Gasteiger partial charge in [0, 0.05) is 24.2 Å². The van der Waals surface area contributed by atoms with Crippen molar-refractivity contribution in [1.82, 2.24) is 19.3 Å². The van der Waals surface area contributed by atoms with Crippen LogP contribution in [0, 0.1) is 5.82 Å². The molecule has 0 amide bonds. The molecule has 0 aliphatic heterocycles. The maximum Gasteiger partial charge on any atom is 0.277 e. The van der Waals surface area contributed by atoms with Crippen LogP contribution in [0.2, 0.25) is 0 Å². The second-order valence-corrected chi connectivity index (χ2v) is 7.50. The number of nitrogens with one attached hydrogen (secondary N) is 1. The molecule has 2 aromatic heterocycles. The summed E-state index contributed by atoms with van der Waals surface area (Å²) in [6.45, 7) is 0. The zero-order chi connectivity index (χ0) is 19.3. The van der Waals surface area contributed by atoms with Crippen LogP contribution >= 0.6 is 0 Å². The van der Waals surface area contributed by atoms with Gasteiger partial charge in [-0.1, -0.05) is 24.3 Å². The van der Waals surface area contributed by atoms with E-state index in [0.717, 1.165) is 40.7 Å². The van der Waals surface area contributed by atoms with Gasteiger partial charge in [-0.25, -0.2) is 9.37 Å². The number of imidazole rings is 1. The summed E-state index contributed by atoms with van der Waals surface area (Å²) in [5.74, 6) is 0.779. The average Bonchev–Trinajstić information content (AvgIpc) is 3.43. The molecule has 142 valence electrons. The van der Waals surface area contributed by atoms with Crippen molar-refractivity contribution in [3.8, 4) is 5.95 Å². The van der Waals surface area contributed by atoms with Crippen LogP contribution in [0.3, 0.4) is 0 Å². The molecule has 2 aromatic carbocycles. The normalized spacial score (nSPS) is 14.1. The minimum Gasteiger partial charge on any atom is -0.311 e. The second kappa shape index (κ2) is 6.48. The van der Waals surface area contributed by atoms with Gasteiger partial charge in [0.05, 0.1) is 11.0 Å². The molecule has 1 saturated carbocycles. The molecule has 0 saturated heterocycles. The fourth-order valence-electron chi connectivity index (χ4n) is 3.83. The monoisotopic (exact) mass is 376 g/mol. The molecular weight excluding hydrogens is 355 g/mol. The Bertz CT molecular complexity index is 1210. The summed E-state index contributed by atoms with van der Waals surface area (Å²) in [5.41, 5.74) is 4.68. The smallest absolute Gasteiger partial charge is 0.277 e. The summed E-state index contributed by atoms with van der Waals surface area (Å²) in [7, 11) is 1.92. The molecule has 4 aromatic rings. The lowest BCUT2D eigenvalue weighted by Gasteiger charge is -2.02. The fraction of sp³-hybridized carbons (Fsp3) is 0.273. The third-order valence-corrected chi connectivity index (χ3v) is 5.54. The lowest BCUT2D eigenvalue weighted by Crippen LogP contribution is -2.20. The van der Waals surface area contributed by atoms with Crippen LogP contribution in [0.4, 0.5) is 4.39 Å². The SMILES string of the molecule is Cn1c(-n2[nH]c(C3CC3)c(CCc3ccc(F)cc3)c2=O)nc2ccccc21. The fourth-order valence-corrected chi connectivity index (χ4v) is 3.83. The zero-order valence-corrected chi connectivity index (χ0v) is 15.7. The molecule has 28 heavy (non-hydrogen) atoms. The van der Waals surface area contributed by atoms with Crippen LogP contribution in [0.15, 0.2) is 53.3 Å². The van der Waals surface area contributed by atoms with Crippen molar-refractivity contribution in [3.05, 3.63) is 81.5 Å². The molecule has 5 rings (SSSR count). The highest BCUT2D eigenvalue weighted by molar-refractivity contribution is 5.77. The van der Waals surface area contributed by atoms with Gasteiger partial charge in [0.2, 0.25) is 5.95 Å². The first-order valence-electron chi connectivity index (χ1n) is 9.62. The Morgan fingerprint density at radius 2 is 1.86 bits per heavy atom. The first kappa shape index (κ1) is 17.0. The first-order chi connectivity index (χ1) is 13.6. The van der Waals surface area contributed by atoms with Gasteiger partial charge < -0.3 is 4.57 Å². The van der Waals surface area contributed by atoms with Gasteiger partial charge in [-0.15, -0.1) is 0 Å². The predicted molar refractivity (Wildman–Crippen MR) is 106 cm³/mol. The van der Waals surface area contributed by atoms with Gasteiger partial charge >= 0.3 is 0 Å². The molecular formula is C22H21FN4O. The van der Waals surface area contributed by atoms with E-state index in [0.29, 0.717) is 24.7 Å². The Labute approximate surface area is 161 Å². The number of H-pyrrole nitrogens is 1. The largest absolute Gasteiger partial charge is 0.311 e. The molecule has 2 heterocycles. The van der Waals surface area contributed by atoms with E-state index in [1.165, 1.54) is 12.1 Å². The maximum absolute atomic E-state index is 13.2. The number of benzene rings is 2. The number of hydrogen-bond donors (Lipinski definition) is 1. The lowest BCUT2D eigenvalue weighted by molar-refractivity contribution is 0.627. The Balaban J connectivity index is 1.54.